The zero-order valence-corrected chi connectivity index (χ0v) is 5.84. The summed E-state index contributed by atoms with van der Waals surface area (Å²) in [6.45, 7) is 0.705. The maximum Gasteiger partial charge on any atom is 0.0106 e. The van der Waals surface area contributed by atoms with Crippen molar-refractivity contribution >= 4 is 0 Å². The van der Waals surface area contributed by atoms with E-state index in [1.807, 2.05) is 0 Å². The van der Waals surface area contributed by atoms with Crippen LogP contribution in [0.1, 0.15) is 25.7 Å². The zero-order valence-electron chi connectivity index (χ0n) is 5.84. The molecule has 9 heavy (non-hydrogen) atoms. The van der Waals surface area contributed by atoms with Crippen molar-refractivity contribution in [3.05, 3.63) is 12.2 Å². The van der Waals surface area contributed by atoms with Crippen LogP contribution in [0.25, 0.3) is 0 Å². The summed E-state index contributed by atoms with van der Waals surface area (Å²) < 4.78 is 0. The standard InChI is InChI=1S/C8H15N/c9-7-3-6-8-4-1-2-5-8/h3,6,8H,1-2,4-5,7,9H2/b6-3+. The molecule has 0 aliphatic heterocycles. The van der Waals surface area contributed by atoms with Crippen molar-refractivity contribution in [1.82, 2.24) is 0 Å². The van der Waals surface area contributed by atoms with Crippen LogP contribution < -0.4 is 5.73 Å². The van der Waals surface area contributed by atoms with Crippen molar-refractivity contribution in [1.29, 1.82) is 0 Å². The molecule has 1 aliphatic carbocycles. The third-order valence-electron chi connectivity index (χ3n) is 1.94. The number of allylic oxidation sites excluding steroid dienone is 1. The zero-order chi connectivity index (χ0) is 6.53. The lowest BCUT2D eigenvalue weighted by atomic mass is 10.1. The molecule has 0 radical (unpaired) electrons. The molecule has 0 aromatic rings. The van der Waals surface area contributed by atoms with Gasteiger partial charge in [0.1, 0.15) is 0 Å². The summed E-state index contributed by atoms with van der Waals surface area (Å²) in [7, 11) is 0. The molecule has 1 fully saturated rings. The number of hydrogen-bond acceptors (Lipinski definition) is 1. The molecule has 0 heterocycles. The predicted molar refractivity (Wildman–Crippen MR) is 40.2 cm³/mol. The lowest BCUT2D eigenvalue weighted by Crippen LogP contribution is -1.94. The van der Waals surface area contributed by atoms with Crippen LogP contribution in [0.5, 0.6) is 0 Å². The van der Waals surface area contributed by atoms with Crippen LogP contribution in [-0.4, -0.2) is 6.54 Å². The van der Waals surface area contributed by atoms with E-state index in [9.17, 15) is 0 Å². The smallest absolute Gasteiger partial charge is 0.0106 e. The fraction of sp³-hybridized carbons (Fsp3) is 0.750. The van der Waals surface area contributed by atoms with E-state index in [-0.39, 0.29) is 0 Å². The topological polar surface area (TPSA) is 26.0 Å². The van der Waals surface area contributed by atoms with E-state index >= 15 is 0 Å². The van der Waals surface area contributed by atoms with Gasteiger partial charge in [0, 0.05) is 6.54 Å². The Morgan fingerprint density at radius 3 is 2.56 bits per heavy atom. The normalized spacial score (nSPS) is 21.9. The van der Waals surface area contributed by atoms with Gasteiger partial charge >= 0.3 is 0 Å². The van der Waals surface area contributed by atoms with Crippen LogP contribution in [0, 0.1) is 5.92 Å². The molecule has 1 saturated carbocycles. The van der Waals surface area contributed by atoms with E-state index in [2.05, 4.69) is 12.2 Å². The van der Waals surface area contributed by atoms with Gasteiger partial charge < -0.3 is 5.73 Å². The van der Waals surface area contributed by atoms with Gasteiger partial charge in [-0.05, 0) is 18.8 Å². The van der Waals surface area contributed by atoms with Crippen LogP contribution in [0.15, 0.2) is 12.2 Å². The molecule has 0 spiro atoms. The Morgan fingerprint density at radius 1 is 1.33 bits per heavy atom. The van der Waals surface area contributed by atoms with Gasteiger partial charge in [-0.2, -0.15) is 0 Å². The number of nitrogens with two attached hydrogens (primary N) is 1. The molecule has 52 valence electrons. The molecule has 1 nitrogen and oxygen atoms in total. The Labute approximate surface area is 56.9 Å². The van der Waals surface area contributed by atoms with Crippen molar-refractivity contribution in [3.63, 3.8) is 0 Å². The van der Waals surface area contributed by atoms with Crippen molar-refractivity contribution in [3.8, 4) is 0 Å². The van der Waals surface area contributed by atoms with E-state index in [0.717, 1.165) is 5.92 Å². The minimum atomic E-state index is 0.705. The minimum Gasteiger partial charge on any atom is -0.327 e. The van der Waals surface area contributed by atoms with Gasteiger partial charge in [-0.3, -0.25) is 0 Å². The lowest BCUT2D eigenvalue weighted by molar-refractivity contribution is 0.684. The first-order valence-corrected chi connectivity index (χ1v) is 3.80. The molecule has 2 N–H and O–H groups in total. The molecule has 1 aliphatic rings. The van der Waals surface area contributed by atoms with Gasteiger partial charge in [0.15, 0.2) is 0 Å². The highest BCUT2D eigenvalue weighted by Crippen LogP contribution is 2.25. The third-order valence-corrected chi connectivity index (χ3v) is 1.94. The highest BCUT2D eigenvalue weighted by molar-refractivity contribution is 4.91. The van der Waals surface area contributed by atoms with Crippen LogP contribution in [0.2, 0.25) is 0 Å². The van der Waals surface area contributed by atoms with Crippen LogP contribution in [0.4, 0.5) is 0 Å². The van der Waals surface area contributed by atoms with Gasteiger partial charge in [-0.1, -0.05) is 25.0 Å². The molecule has 0 saturated heterocycles. The Balaban J connectivity index is 2.18. The van der Waals surface area contributed by atoms with Crippen molar-refractivity contribution in [2.24, 2.45) is 11.7 Å². The predicted octanol–water partition coefficient (Wildman–Crippen LogP) is 1.69. The van der Waals surface area contributed by atoms with E-state index < -0.39 is 0 Å². The molecular formula is C8H15N. The van der Waals surface area contributed by atoms with Crippen LogP contribution in [-0.2, 0) is 0 Å². The monoisotopic (exact) mass is 125 g/mol. The van der Waals surface area contributed by atoms with Gasteiger partial charge in [-0.25, -0.2) is 0 Å². The van der Waals surface area contributed by atoms with Gasteiger partial charge in [0.25, 0.3) is 0 Å². The maximum absolute atomic E-state index is 5.32. The molecule has 0 amide bonds. The van der Waals surface area contributed by atoms with Crippen molar-refractivity contribution in [2.45, 2.75) is 25.7 Å². The maximum atomic E-state index is 5.32. The first kappa shape index (κ1) is 6.81. The minimum absolute atomic E-state index is 0.705. The summed E-state index contributed by atoms with van der Waals surface area (Å²) in [6, 6.07) is 0. The van der Waals surface area contributed by atoms with Crippen LogP contribution >= 0.6 is 0 Å². The van der Waals surface area contributed by atoms with Gasteiger partial charge in [0.2, 0.25) is 0 Å². The third kappa shape index (κ3) is 2.19. The number of hydrogen-bond donors (Lipinski definition) is 1. The van der Waals surface area contributed by atoms with Gasteiger partial charge in [-0.15, -0.1) is 0 Å². The largest absolute Gasteiger partial charge is 0.327 e. The molecular weight excluding hydrogens is 110 g/mol. The highest BCUT2D eigenvalue weighted by atomic mass is 14.5. The molecule has 0 unspecified atom stereocenters. The molecule has 1 rings (SSSR count). The molecule has 0 atom stereocenters. The summed E-state index contributed by atoms with van der Waals surface area (Å²) in [5.41, 5.74) is 5.32. The van der Waals surface area contributed by atoms with Crippen molar-refractivity contribution in [2.75, 3.05) is 6.54 Å². The summed E-state index contributed by atoms with van der Waals surface area (Å²) in [5.74, 6) is 0.855. The SMILES string of the molecule is NC/C=C/C1CCCC1. The second-order valence-electron chi connectivity index (χ2n) is 2.71. The van der Waals surface area contributed by atoms with E-state index in [1.54, 1.807) is 0 Å². The summed E-state index contributed by atoms with van der Waals surface area (Å²) in [6.07, 6.45) is 9.95. The number of rotatable bonds is 2. The Morgan fingerprint density at radius 2 is 2.00 bits per heavy atom. The van der Waals surface area contributed by atoms with Crippen molar-refractivity contribution < 1.29 is 0 Å². The van der Waals surface area contributed by atoms with Gasteiger partial charge in [0.05, 0.1) is 0 Å². The summed E-state index contributed by atoms with van der Waals surface area (Å²) in [4.78, 5) is 0. The molecule has 0 aromatic carbocycles. The van der Waals surface area contributed by atoms with E-state index in [0.29, 0.717) is 6.54 Å². The fourth-order valence-electron chi connectivity index (χ4n) is 1.42. The fourth-order valence-corrected chi connectivity index (χ4v) is 1.42. The Hall–Kier alpha value is -0.300. The molecule has 0 aromatic heterocycles. The first-order chi connectivity index (χ1) is 4.43. The highest BCUT2D eigenvalue weighted by Gasteiger charge is 2.10. The van der Waals surface area contributed by atoms with E-state index in [4.69, 9.17) is 5.73 Å². The van der Waals surface area contributed by atoms with E-state index in [1.165, 1.54) is 25.7 Å². The molecule has 1 heteroatoms. The summed E-state index contributed by atoms with van der Waals surface area (Å²) >= 11 is 0. The lowest BCUT2D eigenvalue weighted by Gasteiger charge is -1.97. The summed E-state index contributed by atoms with van der Waals surface area (Å²) in [5, 5.41) is 0. The van der Waals surface area contributed by atoms with Crippen LogP contribution in [0.3, 0.4) is 0 Å². The molecule has 0 bridgehead atoms. The average Bonchev–Trinajstić information content (AvgIpc) is 2.34. The Kier molecular flexibility index (Phi) is 2.78. The quantitative estimate of drug-likeness (QED) is 0.558. The first-order valence-electron chi connectivity index (χ1n) is 3.80. The average molecular weight is 125 g/mol. The Bertz CT molecular complexity index is 90.7. The second kappa shape index (κ2) is 3.67. The second-order valence-corrected chi connectivity index (χ2v) is 2.71.